The topological polar surface area (TPSA) is 75.9 Å². The van der Waals surface area contributed by atoms with Crippen molar-refractivity contribution in [2.45, 2.75) is 26.4 Å². The summed E-state index contributed by atoms with van der Waals surface area (Å²) in [6.07, 6.45) is 1.66. The van der Waals surface area contributed by atoms with Gasteiger partial charge in [0.15, 0.2) is 0 Å². The van der Waals surface area contributed by atoms with Gasteiger partial charge in [-0.05, 0) is 31.2 Å². The van der Waals surface area contributed by atoms with Crippen molar-refractivity contribution in [3.63, 3.8) is 0 Å². The summed E-state index contributed by atoms with van der Waals surface area (Å²) >= 11 is 0. The number of likely N-dealkylation sites (tertiary alicyclic amines) is 1. The van der Waals surface area contributed by atoms with Gasteiger partial charge in [0.2, 0.25) is 5.91 Å². The third kappa shape index (κ3) is 5.23. The van der Waals surface area contributed by atoms with E-state index in [4.69, 9.17) is 10.5 Å². The van der Waals surface area contributed by atoms with Crippen LogP contribution in [0.2, 0.25) is 0 Å². The summed E-state index contributed by atoms with van der Waals surface area (Å²) in [6, 6.07) is 9.64. The molecule has 1 aromatic rings. The maximum Gasteiger partial charge on any atom is 0.410 e. The number of nitrogens with two attached hydrogens (primary N) is 1. The summed E-state index contributed by atoms with van der Waals surface area (Å²) in [5, 5.41) is 0. The zero-order chi connectivity index (χ0) is 17.4. The SMILES string of the molecule is CCN(CC1CCCN(C(=O)CN)C1)C(=O)OCc1ccccc1. The predicted octanol–water partition coefficient (Wildman–Crippen LogP) is 1.84. The van der Waals surface area contributed by atoms with E-state index in [0.29, 0.717) is 19.6 Å². The summed E-state index contributed by atoms with van der Waals surface area (Å²) in [6.45, 7) is 4.89. The lowest BCUT2D eigenvalue weighted by molar-refractivity contribution is -0.131. The van der Waals surface area contributed by atoms with Gasteiger partial charge in [-0.3, -0.25) is 4.79 Å². The molecule has 1 aliphatic heterocycles. The van der Waals surface area contributed by atoms with Gasteiger partial charge in [0, 0.05) is 26.2 Å². The first-order valence-corrected chi connectivity index (χ1v) is 8.57. The molecule has 1 unspecified atom stereocenters. The van der Waals surface area contributed by atoms with Crippen molar-refractivity contribution in [3.05, 3.63) is 35.9 Å². The maximum absolute atomic E-state index is 12.3. The Hall–Kier alpha value is -2.08. The van der Waals surface area contributed by atoms with Crippen LogP contribution in [0, 0.1) is 5.92 Å². The molecule has 0 aromatic heterocycles. The molecule has 2 N–H and O–H groups in total. The molecule has 6 nitrogen and oxygen atoms in total. The Labute approximate surface area is 143 Å². The Balaban J connectivity index is 1.84. The molecule has 0 saturated carbocycles. The Morgan fingerprint density at radius 1 is 1.33 bits per heavy atom. The lowest BCUT2D eigenvalue weighted by Crippen LogP contribution is -2.46. The molecule has 1 aliphatic rings. The van der Waals surface area contributed by atoms with Gasteiger partial charge in [-0.15, -0.1) is 0 Å². The molecule has 0 bridgehead atoms. The van der Waals surface area contributed by atoms with E-state index in [1.165, 1.54) is 0 Å². The highest BCUT2D eigenvalue weighted by Gasteiger charge is 2.26. The summed E-state index contributed by atoms with van der Waals surface area (Å²) in [7, 11) is 0. The normalized spacial score (nSPS) is 17.4. The van der Waals surface area contributed by atoms with E-state index in [1.54, 1.807) is 9.80 Å². The van der Waals surface area contributed by atoms with Gasteiger partial charge in [0.25, 0.3) is 0 Å². The van der Waals surface area contributed by atoms with Crippen molar-refractivity contribution >= 4 is 12.0 Å². The van der Waals surface area contributed by atoms with Crippen LogP contribution in [-0.4, -0.2) is 54.5 Å². The molecule has 1 atom stereocenters. The molecule has 1 saturated heterocycles. The Kier molecular flexibility index (Phi) is 7.06. The fourth-order valence-electron chi connectivity index (χ4n) is 3.02. The van der Waals surface area contributed by atoms with Crippen LogP contribution in [0.5, 0.6) is 0 Å². The van der Waals surface area contributed by atoms with E-state index in [-0.39, 0.29) is 31.1 Å². The van der Waals surface area contributed by atoms with Crippen LogP contribution in [0.15, 0.2) is 30.3 Å². The molecule has 2 rings (SSSR count). The number of amides is 2. The molecule has 0 radical (unpaired) electrons. The second-order valence-corrected chi connectivity index (χ2v) is 6.13. The number of hydrogen-bond acceptors (Lipinski definition) is 4. The molecule has 2 amide bonds. The number of piperidine rings is 1. The fraction of sp³-hybridized carbons (Fsp3) is 0.556. The zero-order valence-electron chi connectivity index (χ0n) is 14.3. The minimum atomic E-state index is -0.302. The molecule has 24 heavy (non-hydrogen) atoms. The van der Waals surface area contributed by atoms with Crippen molar-refractivity contribution in [3.8, 4) is 0 Å². The maximum atomic E-state index is 12.3. The lowest BCUT2D eigenvalue weighted by atomic mass is 9.97. The third-order valence-electron chi connectivity index (χ3n) is 4.37. The zero-order valence-corrected chi connectivity index (χ0v) is 14.3. The second-order valence-electron chi connectivity index (χ2n) is 6.13. The van der Waals surface area contributed by atoms with Crippen LogP contribution in [-0.2, 0) is 16.1 Å². The van der Waals surface area contributed by atoms with E-state index < -0.39 is 0 Å². The molecule has 132 valence electrons. The molecule has 0 aliphatic carbocycles. The number of hydrogen-bond donors (Lipinski definition) is 1. The number of benzene rings is 1. The highest BCUT2D eigenvalue weighted by Crippen LogP contribution is 2.18. The summed E-state index contributed by atoms with van der Waals surface area (Å²) < 4.78 is 5.40. The van der Waals surface area contributed by atoms with Gasteiger partial charge < -0.3 is 20.3 Å². The molecule has 0 spiro atoms. The van der Waals surface area contributed by atoms with E-state index in [0.717, 1.165) is 24.9 Å². The van der Waals surface area contributed by atoms with Gasteiger partial charge in [0.1, 0.15) is 6.61 Å². The fourth-order valence-corrected chi connectivity index (χ4v) is 3.02. The van der Waals surface area contributed by atoms with Crippen LogP contribution < -0.4 is 5.73 Å². The number of ether oxygens (including phenoxy) is 1. The molecular formula is C18H27N3O3. The van der Waals surface area contributed by atoms with E-state index in [2.05, 4.69) is 0 Å². The van der Waals surface area contributed by atoms with E-state index in [1.807, 2.05) is 37.3 Å². The quantitative estimate of drug-likeness (QED) is 0.862. The van der Waals surface area contributed by atoms with E-state index >= 15 is 0 Å². The summed E-state index contributed by atoms with van der Waals surface area (Å²) in [5.41, 5.74) is 6.41. The largest absolute Gasteiger partial charge is 0.445 e. The van der Waals surface area contributed by atoms with Gasteiger partial charge in [-0.1, -0.05) is 30.3 Å². The number of carbonyl (C=O) groups is 2. The lowest BCUT2D eigenvalue weighted by Gasteiger charge is -2.35. The summed E-state index contributed by atoms with van der Waals surface area (Å²) in [5.74, 6) is 0.257. The average Bonchev–Trinajstić information content (AvgIpc) is 2.64. The average molecular weight is 333 g/mol. The number of rotatable bonds is 6. The Morgan fingerprint density at radius 3 is 2.75 bits per heavy atom. The summed E-state index contributed by atoms with van der Waals surface area (Å²) in [4.78, 5) is 27.6. The van der Waals surface area contributed by atoms with Gasteiger partial charge in [-0.25, -0.2) is 4.79 Å². The standard InChI is InChI=1S/C18H27N3O3/c1-2-20(18(23)24-14-15-7-4-3-5-8-15)12-16-9-6-10-21(13-16)17(22)11-19/h3-5,7-8,16H,2,6,9-14,19H2,1H3. The molecule has 1 heterocycles. The van der Waals surface area contributed by atoms with Crippen molar-refractivity contribution < 1.29 is 14.3 Å². The first-order chi connectivity index (χ1) is 11.6. The van der Waals surface area contributed by atoms with Gasteiger partial charge >= 0.3 is 6.09 Å². The number of nitrogens with zero attached hydrogens (tertiary/aromatic N) is 2. The second kappa shape index (κ2) is 9.27. The van der Waals surface area contributed by atoms with Gasteiger partial charge in [-0.2, -0.15) is 0 Å². The van der Waals surface area contributed by atoms with Crippen molar-refractivity contribution in [2.24, 2.45) is 11.7 Å². The minimum Gasteiger partial charge on any atom is -0.445 e. The molecule has 1 aromatic carbocycles. The monoisotopic (exact) mass is 333 g/mol. The van der Waals surface area contributed by atoms with Crippen LogP contribution in [0.4, 0.5) is 4.79 Å². The Bertz CT molecular complexity index is 536. The van der Waals surface area contributed by atoms with Crippen LogP contribution in [0.25, 0.3) is 0 Å². The van der Waals surface area contributed by atoms with Crippen molar-refractivity contribution in [1.29, 1.82) is 0 Å². The van der Waals surface area contributed by atoms with Crippen LogP contribution in [0.3, 0.4) is 0 Å². The number of carbonyl (C=O) groups excluding carboxylic acids is 2. The first-order valence-electron chi connectivity index (χ1n) is 8.57. The highest BCUT2D eigenvalue weighted by molar-refractivity contribution is 5.78. The van der Waals surface area contributed by atoms with Crippen LogP contribution in [0.1, 0.15) is 25.3 Å². The molecule has 1 fully saturated rings. The van der Waals surface area contributed by atoms with Crippen molar-refractivity contribution in [2.75, 3.05) is 32.7 Å². The molecular weight excluding hydrogens is 306 g/mol. The molecule has 6 heteroatoms. The highest BCUT2D eigenvalue weighted by atomic mass is 16.6. The van der Waals surface area contributed by atoms with Crippen LogP contribution >= 0.6 is 0 Å². The van der Waals surface area contributed by atoms with Crippen molar-refractivity contribution in [1.82, 2.24) is 9.80 Å². The first kappa shape index (κ1) is 18.3. The minimum absolute atomic E-state index is 0.0191. The van der Waals surface area contributed by atoms with E-state index in [9.17, 15) is 9.59 Å². The predicted molar refractivity (Wildman–Crippen MR) is 92.2 cm³/mol. The Morgan fingerprint density at radius 2 is 2.08 bits per heavy atom. The smallest absolute Gasteiger partial charge is 0.410 e. The van der Waals surface area contributed by atoms with Gasteiger partial charge in [0.05, 0.1) is 6.54 Å². The third-order valence-corrected chi connectivity index (χ3v) is 4.37.